The summed E-state index contributed by atoms with van der Waals surface area (Å²) in [6, 6.07) is 0. The van der Waals surface area contributed by atoms with Crippen molar-refractivity contribution >= 4 is 0 Å². The minimum absolute atomic E-state index is 0.257. The van der Waals surface area contributed by atoms with Crippen LogP contribution in [-0.4, -0.2) is 18.3 Å². The molecular weight excluding hydrogens is 150 g/mol. The zero-order chi connectivity index (χ0) is 9.03. The van der Waals surface area contributed by atoms with Crippen LogP contribution in [-0.2, 0) is 0 Å². The maximum absolute atomic E-state index is 8.98. The Balaban J connectivity index is 2.60. The molecule has 1 aliphatic carbocycles. The Morgan fingerprint density at radius 2 is 2.25 bits per heavy atom. The van der Waals surface area contributed by atoms with E-state index in [-0.39, 0.29) is 5.41 Å². The molecule has 0 saturated heterocycles. The summed E-state index contributed by atoms with van der Waals surface area (Å²) in [5.41, 5.74) is 6.06. The second kappa shape index (κ2) is 4.24. The van der Waals surface area contributed by atoms with Crippen LogP contribution in [0.2, 0.25) is 0 Å². The molecule has 12 heavy (non-hydrogen) atoms. The highest BCUT2D eigenvalue weighted by atomic mass is 16.3. The number of aliphatic hydroxyl groups excluding tert-OH is 1. The van der Waals surface area contributed by atoms with E-state index in [1.54, 1.807) is 0 Å². The molecule has 0 aliphatic heterocycles. The van der Waals surface area contributed by atoms with E-state index in [1.807, 2.05) is 0 Å². The fourth-order valence-electron chi connectivity index (χ4n) is 2.48. The van der Waals surface area contributed by atoms with Gasteiger partial charge in [0.25, 0.3) is 0 Å². The topological polar surface area (TPSA) is 46.2 Å². The predicted octanol–water partition coefficient (Wildman–Crippen LogP) is 1.52. The van der Waals surface area contributed by atoms with Crippen molar-refractivity contribution in [3.63, 3.8) is 0 Å². The van der Waals surface area contributed by atoms with Gasteiger partial charge in [-0.15, -0.1) is 0 Å². The van der Waals surface area contributed by atoms with Crippen LogP contribution in [0.25, 0.3) is 0 Å². The molecule has 2 atom stereocenters. The minimum Gasteiger partial charge on any atom is -0.396 e. The van der Waals surface area contributed by atoms with E-state index in [1.165, 1.54) is 25.7 Å². The molecule has 2 unspecified atom stereocenters. The lowest BCUT2D eigenvalue weighted by Crippen LogP contribution is -2.39. The summed E-state index contributed by atoms with van der Waals surface area (Å²) in [6.45, 7) is 3.32. The number of nitrogens with two attached hydrogens (primary N) is 1. The van der Waals surface area contributed by atoms with Crippen molar-refractivity contribution in [3.8, 4) is 0 Å². The largest absolute Gasteiger partial charge is 0.396 e. The third kappa shape index (κ3) is 1.80. The third-order valence-corrected chi connectivity index (χ3v) is 3.62. The van der Waals surface area contributed by atoms with Gasteiger partial charge < -0.3 is 10.8 Å². The Labute approximate surface area is 75.2 Å². The van der Waals surface area contributed by atoms with Crippen molar-refractivity contribution in [1.82, 2.24) is 0 Å². The van der Waals surface area contributed by atoms with Crippen LogP contribution >= 0.6 is 0 Å². The lowest BCUT2D eigenvalue weighted by molar-refractivity contribution is 0.0784. The summed E-state index contributed by atoms with van der Waals surface area (Å²) >= 11 is 0. The number of rotatable bonds is 3. The van der Waals surface area contributed by atoms with E-state index in [2.05, 4.69) is 6.92 Å². The zero-order valence-corrected chi connectivity index (χ0v) is 8.05. The van der Waals surface area contributed by atoms with Crippen LogP contribution in [0.15, 0.2) is 0 Å². The standard InChI is InChI=1S/C10H21NO/c1-9-4-2-3-5-10(9,8-11)6-7-12/h9,12H,2-8,11H2,1H3. The fraction of sp³-hybridized carbons (Fsp3) is 1.00. The van der Waals surface area contributed by atoms with E-state index >= 15 is 0 Å². The van der Waals surface area contributed by atoms with E-state index in [0.717, 1.165) is 13.0 Å². The van der Waals surface area contributed by atoms with E-state index in [9.17, 15) is 0 Å². The molecular formula is C10H21NO. The molecule has 2 heteroatoms. The summed E-state index contributed by atoms with van der Waals surface area (Å²) in [4.78, 5) is 0. The predicted molar refractivity (Wildman–Crippen MR) is 50.8 cm³/mol. The molecule has 0 aromatic heterocycles. The highest BCUT2D eigenvalue weighted by Crippen LogP contribution is 2.42. The lowest BCUT2D eigenvalue weighted by Gasteiger charge is -2.41. The van der Waals surface area contributed by atoms with Crippen LogP contribution < -0.4 is 5.73 Å². The molecule has 0 bridgehead atoms. The van der Waals surface area contributed by atoms with Gasteiger partial charge in [0.1, 0.15) is 0 Å². The number of hydrogen-bond donors (Lipinski definition) is 2. The first-order chi connectivity index (χ1) is 5.75. The Morgan fingerprint density at radius 3 is 2.75 bits per heavy atom. The van der Waals surface area contributed by atoms with E-state index in [4.69, 9.17) is 10.8 Å². The van der Waals surface area contributed by atoms with Crippen molar-refractivity contribution in [2.24, 2.45) is 17.1 Å². The van der Waals surface area contributed by atoms with Crippen molar-refractivity contribution < 1.29 is 5.11 Å². The summed E-state index contributed by atoms with van der Waals surface area (Å²) in [5, 5.41) is 8.98. The maximum atomic E-state index is 8.98. The van der Waals surface area contributed by atoms with Crippen LogP contribution in [0.4, 0.5) is 0 Å². The molecule has 1 aliphatic rings. The second-order valence-corrected chi connectivity index (χ2v) is 4.19. The first-order valence-electron chi connectivity index (χ1n) is 5.06. The van der Waals surface area contributed by atoms with Gasteiger partial charge >= 0.3 is 0 Å². The third-order valence-electron chi connectivity index (χ3n) is 3.62. The highest BCUT2D eigenvalue weighted by Gasteiger charge is 2.35. The highest BCUT2D eigenvalue weighted by molar-refractivity contribution is 4.88. The van der Waals surface area contributed by atoms with Gasteiger partial charge in [0.2, 0.25) is 0 Å². The second-order valence-electron chi connectivity index (χ2n) is 4.19. The summed E-state index contributed by atoms with van der Waals surface area (Å²) in [7, 11) is 0. The quantitative estimate of drug-likeness (QED) is 0.676. The summed E-state index contributed by atoms with van der Waals surface area (Å²) in [6.07, 6.45) is 6.03. The molecule has 72 valence electrons. The normalized spacial score (nSPS) is 36.8. The Morgan fingerprint density at radius 1 is 1.50 bits per heavy atom. The average molecular weight is 171 g/mol. The lowest BCUT2D eigenvalue weighted by atomic mass is 9.65. The van der Waals surface area contributed by atoms with Gasteiger partial charge in [-0.05, 0) is 30.7 Å². The monoisotopic (exact) mass is 171 g/mol. The van der Waals surface area contributed by atoms with Crippen LogP contribution in [0.3, 0.4) is 0 Å². The van der Waals surface area contributed by atoms with Gasteiger partial charge in [0, 0.05) is 6.61 Å². The molecule has 1 rings (SSSR count). The molecule has 0 spiro atoms. The Kier molecular flexibility index (Phi) is 3.53. The molecule has 1 saturated carbocycles. The van der Waals surface area contributed by atoms with E-state index < -0.39 is 0 Å². The first-order valence-corrected chi connectivity index (χ1v) is 5.06. The van der Waals surface area contributed by atoms with Gasteiger partial charge in [0.15, 0.2) is 0 Å². The number of hydrogen-bond acceptors (Lipinski definition) is 2. The van der Waals surface area contributed by atoms with E-state index in [0.29, 0.717) is 12.5 Å². The fourth-order valence-corrected chi connectivity index (χ4v) is 2.48. The van der Waals surface area contributed by atoms with Crippen molar-refractivity contribution in [3.05, 3.63) is 0 Å². The van der Waals surface area contributed by atoms with Gasteiger partial charge in [-0.25, -0.2) is 0 Å². The summed E-state index contributed by atoms with van der Waals surface area (Å²) < 4.78 is 0. The zero-order valence-electron chi connectivity index (χ0n) is 8.05. The first kappa shape index (κ1) is 10.0. The molecule has 0 radical (unpaired) electrons. The van der Waals surface area contributed by atoms with Crippen LogP contribution in [0, 0.1) is 11.3 Å². The van der Waals surface area contributed by atoms with Gasteiger partial charge in [0.05, 0.1) is 0 Å². The smallest absolute Gasteiger partial charge is 0.0436 e. The number of aliphatic hydroxyl groups is 1. The van der Waals surface area contributed by atoms with Gasteiger partial charge in [-0.3, -0.25) is 0 Å². The molecule has 0 aromatic rings. The molecule has 0 aromatic carbocycles. The van der Waals surface area contributed by atoms with Crippen LogP contribution in [0.1, 0.15) is 39.0 Å². The average Bonchev–Trinajstić information content (AvgIpc) is 2.10. The molecule has 2 nitrogen and oxygen atoms in total. The van der Waals surface area contributed by atoms with Crippen LogP contribution in [0.5, 0.6) is 0 Å². The van der Waals surface area contributed by atoms with Gasteiger partial charge in [-0.2, -0.15) is 0 Å². The Bertz CT molecular complexity index is 134. The van der Waals surface area contributed by atoms with Crippen molar-refractivity contribution in [1.29, 1.82) is 0 Å². The molecule has 1 fully saturated rings. The Hall–Kier alpha value is -0.0800. The van der Waals surface area contributed by atoms with Gasteiger partial charge in [-0.1, -0.05) is 26.2 Å². The minimum atomic E-state index is 0.257. The molecule has 0 heterocycles. The van der Waals surface area contributed by atoms with Crippen molar-refractivity contribution in [2.75, 3.05) is 13.2 Å². The molecule has 3 N–H and O–H groups in total. The summed E-state index contributed by atoms with van der Waals surface area (Å²) in [5.74, 6) is 0.698. The van der Waals surface area contributed by atoms with Crippen molar-refractivity contribution in [2.45, 2.75) is 39.0 Å². The SMILES string of the molecule is CC1CCCCC1(CN)CCO. The molecule has 0 amide bonds. The maximum Gasteiger partial charge on any atom is 0.0436 e.